The van der Waals surface area contributed by atoms with E-state index in [2.05, 4.69) is 36.4 Å². The summed E-state index contributed by atoms with van der Waals surface area (Å²) in [7, 11) is 0. The van der Waals surface area contributed by atoms with Crippen LogP contribution in [0.25, 0.3) is 11.1 Å². The third-order valence-corrected chi connectivity index (χ3v) is 7.03. The van der Waals surface area contributed by atoms with E-state index >= 15 is 0 Å². The third kappa shape index (κ3) is 3.77. The van der Waals surface area contributed by atoms with E-state index in [0.717, 1.165) is 44.1 Å². The standard InChI is InChI=1S/C27H31NO3/c1-27(2,3)31-26(30)28-21-8-6-9-22(28)16-20(15-21)25(29)18-11-12-24-19(14-18)13-17-7-4-5-10-23(17)24/h4-5,7,10-12,14,20-22H,6,8-9,13,15-16H2,1-3H3. The topological polar surface area (TPSA) is 46.6 Å². The van der Waals surface area contributed by atoms with Gasteiger partial charge in [0.05, 0.1) is 0 Å². The van der Waals surface area contributed by atoms with Crippen LogP contribution in [0.5, 0.6) is 0 Å². The van der Waals surface area contributed by atoms with Crippen LogP contribution in [0.4, 0.5) is 4.79 Å². The van der Waals surface area contributed by atoms with Gasteiger partial charge >= 0.3 is 6.09 Å². The molecule has 0 aromatic heterocycles. The largest absolute Gasteiger partial charge is 0.444 e. The first-order valence-electron chi connectivity index (χ1n) is 11.6. The molecule has 4 nitrogen and oxygen atoms in total. The summed E-state index contributed by atoms with van der Waals surface area (Å²) < 4.78 is 5.68. The summed E-state index contributed by atoms with van der Waals surface area (Å²) in [5.41, 5.74) is 5.45. The molecule has 2 unspecified atom stereocenters. The molecule has 2 bridgehead atoms. The monoisotopic (exact) mass is 417 g/mol. The van der Waals surface area contributed by atoms with Gasteiger partial charge in [0.25, 0.3) is 0 Å². The zero-order chi connectivity index (χ0) is 21.8. The van der Waals surface area contributed by atoms with Crippen LogP contribution < -0.4 is 0 Å². The van der Waals surface area contributed by atoms with E-state index in [-0.39, 0.29) is 29.9 Å². The van der Waals surface area contributed by atoms with Crippen LogP contribution in [-0.2, 0) is 11.2 Å². The average Bonchev–Trinajstić information content (AvgIpc) is 3.08. The van der Waals surface area contributed by atoms with Crippen molar-refractivity contribution in [1.82, 2.24) is 4.90 Å². The lowest BCUT2D eigenvalue weighted by Crippen LogP contribution is -2.56. The minimum Gasteiger partial charge on any atom is -0.444 e. The Bertz CT molecular complexity index is 1020. The van der Waals surface area contributed by atoms with Crippen LogP contribution in [-0.4, -0.2) is 34.5 Å². The first-order chi connectivity index (χ1) is 14.8. The number of hydrogen-bond acceptors (Lipinski definition) is 3. The van der Waals surface area contributed by atoms with Gasteiger partial charge in [0.1, 0.15) is 5.60 Å². The van der Waals surface area contributed by atoms with Crippen LogP contribution >= 0.6 is 0 Å². The number of Topliss-reactive ketones (excluding diaryl/α,β-unsaturated/α-hetero) is 1. The van der Waals surface area contributed by atoms with Crippen molar-refractivity contribution in [2.45, 2.75) is 77.0 Å². The molecule has 2 saturated heterocycles. The van der Waals surface area contributed by atoms with E-state index in [4.69, 9.17) is 4.74 Å². The van der Waals surface area contributed by atoms with Crippen molar-refractivity contribution in [2.75, 3.05) is 0 Å². The Kier molecular flexibility index (Phi) is 4.91. The van der Waals surface area contributed by atoms with Gasteiger partial charge < -0.3 is 9.64 Å². The van der Waals surface area contributed by atoms with E-state index < -0.39 is 5.60 Å². The maximum atomic E-state index is 13.5. The number of piperidine rings is 2. The number of benzene rings is 2. The number of ketones is 1. The third-order valence-electron chi connectivity index (χ3n) is 7.03. The van der Waals surface area contributed by atoms with E-state index in [0.29, 0.717) is 0 Å². The molecular formula is C27H31NO3. The lowest BCUT2D eigenvalue weighted by Gasteiger charge is -2.48. The van der Waals surface area contributed by atoms with Crippen LogP contribution in [0.3, 0.4) is 0 Å². The van der Waals surface area contributed by atoms with E-state index in [1.165, 1.54) is 22.3 Å². The summed E-state index contributed by atoms with van der Waals surface area (Å²) in [6.45, 7) is 5.72. The van der Waals surface area contributed by atoms with Gasteiger partial charge in [-0.3, -0.25) is 4.79 Å². The molecule has 5 rings (SSSR count). The molecule has 4 heteroatoms. The average molecular weight is 418 g/mol. The lowest BCUT2D eigenvalue weighted by atomic mass is 9.75. The normalized spacial score (nSPS) is 24.4. The molecule has 0 N–H and O–H groups in total. The second-order valence-electron chi connectivity index (χ2n) is 10.4. The number of amides is 1. The van der Waals surface area contributed by atoms with Crippen molar-refractivity contribution in [3.8, 4) is 11.1 Å². The Hall–Kier alpha value is -2.62. The number of ether oxygens (including phenoxy) is 1. The fourth-order valence-electron chi connectivity index (χ4n) is 5.74. The second-order valence-corrected chi connectivity index (χ2v) is 10.4. The molecule has 1 amide bonds. The first-order valence-corrected chi connectivity index (χ1v) is 11.6. The predicted molar refractivity (Wildman–Crippen MR) is 121 cm³/mol. The number of fused-ring (bicyclic) bond motifs is 5. The SMILES string of the molecule is CC(C)(C)OC(=O)N1C2CCCC1CC(C(=O)c1ccc3c(c1)Cc1ccccc1-3)C2. The molecule has 0 spiro atoms. The molecular weight excluding hydrogens is 386 g/mol. The van der Waals surface area contributed by atoms with Gasteiger partial charge in [-0.2, -0.15) is 0 Å². The van der Waals surface area contributed by atoms with Crippen molar-refractivity contribution < 1.29 is 14.3 Å². The van der Waals surface area contributed by atoms with Crippen molar-refractivity contribution in [3.05, 3.63) is 59.2 Å². The molecule has 3 aliphatic rings. The van der Waals surface area contributed by atoms with Gasteiger partial charge in [0, 0.05) is 23.6 Å². The molecule has 31 heavy (non-hydrogen) atoms. The minimum absolute atomic E-state index is 0.0178. The van der Waals surface area contributed by atoms with Gasteiger partial charge in [0.15, 0.2) is 5.78 Å². The summed E-state index contributed by atoms with van der Waals surface area (Å²) in [6, 6.07) is 14.9. The lowest BCUT2D eigenvalue weighted by molar-refractivity contribution is -0.0260. The van der Waals surface area contributed by atoms with E-state index in [1.54, 1.807) is 0 Å². The highest BCUT2D eigenvalue weighted by atomic mass is 16.6. The maximum Gasteiger partial charge on any atom is 0.410 e. The molecule has 2 aliphatic heterocycles. The zero-order valence-corrected chi connectivity index (χ0v) is 18.7. The predicted octanol–water partition coefficient (Wildman–Crippen LogP) is 6.01. The summed E-state index contributed by atoms with van der Waals surface area (Å²) in [5, 5.41) is 0. The van der Waals surface area contributed by atoms with Crippen LogP contribution in [0.15, 0.2) is 42.5 Å². The highest BCUT2D eigenvalue weighted by Gasteiger charge is 2.44. The molecule has 0 saturated carbocycles. The highest BCUT2D eigenvalue weighted by molar-refractivity contribution is 5.99. The summed E-state index contributed by atoms with van der Waals surface area (Å²) in [6.07, 6.45) is 5.20. The minimum atomic E-state index is -0.500. The van der Waals surface area contributed by atoms with E-state index in [9.17, 15) is 9.59 Å². The van der Waals surface area contributed by atoms with Gasteiger partial charge in [-0.1, -0.05) is 36.4 Å². The number of carbonyl (C=O) groups excluding carboxylic acids is 2. The van der Waals surface area contributed by atoms with Crippen molar-refractivity contribution in [2.24, 2.45) is 5.92 Å². The molecule has 162 valence electrons. The number of carbonyl (C=O) groups is 2. The Labute approximate surface area is 184 Å². The van der Waals surface area contributed by atoms with Crippen molar-refractivity contribution in [3.63, 3.8) is 0 Å². The molecule has 2 atom stereocenters. The van der Waals surface area contributed by atoms with Gasteiger partial charge in [-0.15, -0.1) is 0 Å². The molecule has 2 aromatic rings. The Morgan fingerprint density at radius 2 is 1.61 bits per heavy atom. The summed E-state index contributed by atoms with van der Waals surface area (Å²) in [4.78, 5) is 28.2. The van der Waals surface area contributed by atoms with Crippen molar-refractivity contribution >= 4 is 11.9 Å². The Morgan fingerprint density at radius 3 is 2.32 bits per heavy atom. The first kappa shape index (κ1) is 20.3. The maximum absolute atomic E-state index is 13.5. The van der Waals surface area contributed by atoms with E-state index in [1.807, 2.05) is 31.7 Å². The Balaban J connectivity index is 1.34. The van der Waals surface area contributed by atoms with Gasteiger partial charge in [-0.25, -0.2) is 4.79 Å². The second kappa shape index (κ2) is 7.51. The van der Waals surface area contributed by atoms with Gasteiger partial charge in [0.2, 0.25) is 0 Å². The summed E-state index contributed by atoms with van der Waals surface area (Å²) in [5.74, 6) is 0.218. The summed E-state index contributed by atoms with van der Waals surface area (Å²) >= 11 is 0. The zero-order valence-electron chi connectivity index (χ0n) is 18.7. The van der Waals surface area contributed by atoms with Gasteiger partial charge in [-0.05, 0) is 87.6 Å². The number of rotatable bonds is 2. The van der Waals surface area contributed by atoms with Crippen LogP contribution in [0.2, 0.25) is 0 Å². The smallest absolute Gasteiger partial charge is 0.410 e. The quantitative estimate of drug-likeness (QED) is 0.480. The Morgan fingerprint density at radius 1 is 0.935 bits per heavy atom. The molecule has 0 radical (unpaired) electrons. The molecule has 2 aromatic carbocycles. The molecule has 1 aliphatic carbocycles. The molecule has 2 heterocycles. The van der Waals surface area contributed by atoms with Crippen LogP contribution in [0.1, 0.15) is 74.4 Å². The molecule has 2 fully saturated rings. The number of nitrogens with zero attached hydrogens (tertiary/aromatic N) is 1. The highest BCUT2D eigenvalue weighted by Crippen LogP contribution is 2.41. The van der Waals surface area contributed by atoms with Crippen LogP contribution in [0, 0.1) is 5.92 Å². The van der Waals surface area contributed by atoms with Crippen molar-refractivity contribution in [1.29, 1.82) is 0 Å². The fourth-order valence-corrected chi connectivity index (χ4v) is 5.74. The number of hydrogen-bond donors (Lipinski definition) is 0. The fraction of sp³-hybridized carbons (Fsp3) is 0.481.